The van der Waals surface area contributed by atoms with Gasteiger partial charge in [0.1, 0.15) is 0 Å². The molecule has 0 aliphatic rings. The van der Waals surface area contributed by atoms with Crippen molar-refractivity contribution in [1.29, 1.82) is 0 Å². The van der Waals surface area contributed by atoms with Crippen molar-refractivity contribution in [3.8, 4) is 5.69 Å². The molecule has 0 unspecified atom stereocenters. The zero-order chi connectivity index (χ0) is 25.9. The van der Waals surface area contributed by atoms with Gasteiger partial charge >= 0.3 is 0 Å². The SMILES string of the molecule is C=C(Nc1ccc(-n2ccnc2)cc1)c1cc(N/C(=C/C(C)(C)Cl)c2cc(C)cc(Cl)c2)ccc1C. The average molecular weight is 518 g/mol. The molecule has 0 radical (unpaired) electrons. The first-order chi connectivity index (χ1) is 17.1. The summed E-state index contributed by atoms with van der Waals surface area (Å²) in [4.78, 5) is 3.56. The van der Waals surface area contributed by atoms with Gasteiger partial charge in [0.25, 0.3) is 0 Å². The number of aromatic nitrogens is 2. The number of nitrogens with one attached hydrogen (secondary N) is 2. The second kappa shape index (κ2) is 10.7. The monoisotopic (exact) mass is 516 g/mol. The number of hydrogen-bond donors (Lipinski definition) is 2. The molecule has 0 saturated heterocycles. The first-order valence-electron chi connectivity index (χ1n) is 11.7. The Kier molecular flexibility index (Phi) is 7.58. The lowest BCUT2D eigenvalue weighted by atomic mass is 10.0. The maximum Gasteiger partial charge on any atom is 0.0991 e. The molecule has 1 aromatic heterocycles. The van der Waals surface area contributed by atoms with Crippen molar-refractivity contribution in [3.63, 3.8) is 0 Å². The van der Waals surface area contributed by atoms with Gasteiger partial charge in [-0.15, -0.1) is 11.6 Å². The average Bonchev–Trinajstić information content (AvgIpc) is 3.34. The molecule has 0 atom stereocenters. The molecule has 3 aromatic carbocycles. The third-order valence-corrected chi connectivity index (χ3v) is 5.97. The van der Waals surface area contributed by atoms with Gasteiger partial charge in [0.05, 0.1) is 11.2 Å². The lowest BCUT2D eigenvalue weighted by Crippen LogP contribution is -2.10. The van der Waals surface area contributed by atoms with Crippen molar-refractivity contribution >= 4 is 46.0 Å². The summed E-state index contributed by atoms with van der Waals surface area (Å²) in [5.74, 6) is 0. The summed E-state index contributed by atoms with van der Waals surface area (Å²) in [5.41, 5.74) is 8.84. The predicted octanol–water partition coefficient (Wildman–Crippen LogP) is 8.70. The van der Waals surface area contributed by atoms with E-state index in [4.69, 9.17) is 23.2 Å². The smallest absolute Gasteiger partial charge is 0.0991 e. The molecule has 0 aliphatic carbocycles. The Bertz CT molecular complexity index is 1380. The number of alkyl halides is 1. The van der Waals surface area contributed by atoms with E-state index in [9.17, 15) is 0 Å². The lowest BCUT2D eigenvalue weighted by Gasteiger charge is -2.19. The molecule has 4 aromatic rings. The molecule has 1 heterocycles. The summed E-state index contributed by atoms with van der Waals surface area (Å²) in [7, 11) is 0. The van der Waals surface area contributed by atoms with Gasteiger partial charge in [-0.2, -0.15) is 0 Å². The highest BCUT2D eigenvalue weighted by Gasteiger charge is 2.15. The summed E-state index contributed by atoms with van der Waals surface area (Å²) < 4.78 is 1.96. The van der Waals surface area contributed by atoms with E-state index in [1.807, 2.05) is 74.0 Å². The molecular formula is C30H30Cl2N4. The van der Waals surface area contributed by atoms with Gasteiger partial charge in [0, 0.05) is 51.4 Å². The minimum atomic E-state index is -0.542. The van der Waals surface area contributed by atoms with Crippen LogP contribution in [0.25, 0.3) is 17.1 Å². The molecule has 0 saturated carbocycles. The Morgan fingerprint density at radius 3 is 2.33 bits per heavy atom. The van der Waals surface area contributed by atoms with Crippen molar-refractivity contribution < 1.29 is 0 Å². The third kappa shape index (κ3) is 6.60. The van der Waals surface area contributed by atoms with Gasteiger partial charge in [0.2, 0.25) is 0 Å². The number of nitrogens with zero attached hydrogens (tertiary/aromatic N) is 2. The van der Waals surface area contributed by atoms with Crippen LogP contribution in [-0.4, -0.2) is 14.4 Å². The van der Waals surface area contributed by atoms with Crippen molar-refractivity contribution in [3.05, 3.63) is 119 Å². The van der Waals surface area contributed by atoms with Crippen molar-refractivity contribution in [2.75, 3.05) is 10.6 Å². The molecule has 2 N–H and O–H groups in total. The Morgan fingerprint density at radius 1 is 0.972 bits per heavy atom. The van der Waals surface area contributed by atoms with Crippen LogP contribution in [0.4, 0.5) is 11.4 Å². The summed E-state index contributed by atoms with van der Waals surface area (Å²) in [6.45, 7) is 12.3. The highest BCUT2D eigenvalue weighted by molar-refractivity contribution is 6.30. The summed E-state index contributed by atoms with van der Waals surface area (Å²) in [5, 5.41) is 7.68. The van der Waals surface area contributed by atoms with Gasteiger partial charge < -0.3 is 15.2 Å². The topological polar surface area (TPSA) is 41.9 Å². The third-order valence-electron chi connectivity index (χ3n) is 5.65. The zero-order valence-electron chi connectivity index (χ0n) is 20.9. The summed E-state index contributed by atoms with van der Waals surface area (Å²) in [6, 6.07) is 20.4. The Labute approximate surface area is 223 Å². The predicted molar refractivity (Wildman–Crippen MR) is 155 cm³/mol. The maximum absolute atomic E-state index is 6.59. The number of allylic oxidation sites excluding steroid dienone is 1. The first-order valence-corrected chi connectivity index (χ1v) is 12.4. The van der Waals surface area contributed by atoms with Crippen LogP contribution in [-0.2, 0) is 0 Å². The largest absolute Gasteiger partial charge is 0.356 e. The molecule has 4 rings (SSSR count). The van der Waals surface area contributed by atoms with Crippen LogP contribution in [0.1, 0.15) is 36.1 Å². The molecule has 0 bridgehead atoms. The molecule has 0 amide bonds. The number of hydrogen-bond acceptors (Lipinski definition) is 3. The standard InChI is InChI=1S/C30H30Cl2N4/c1-20-14-23(16-24(31)15-20)29(18-30(4,5)32)35-26-7-6-21(2)28(17-26)22(3)34-25-8-10-27(11-9-25)36-13-12-33-19-36/h6-19,34-35H,3H2,1-2,4-5H3/b29-18+. The summed E-state index contributed by atoms with van der Waals surface area (Å²) >= 11 is 12.9. The van der Waals surface area contributed by atoms with Crippen molar-refractivity contribution in [1.82, 2.24) is 9.55 Å². The fourth-order valence-electron chi connectivity index (χ4n) is 3.98. The van der Waals surface area contributed by atoms with Crippen LogP contribution in [0.5, 0.6) is 0 Å². The fraction of sp³-hybridized carbons (Fsp3) is 0.167. The number of rotatable bonds is 8. The minimum absolute atomic E-state index is 0.542. The van der Waals surface area contributed by atoms with Crippen molar-refractivity contribution in [2.45, 2.75) is 32.6 Å². The van der Waals surface area contributed by atoms with E-state index in [1.165, 1.54) is 0 Å². The molecule has 184 valence electrons. The quantitative estimate of drug-likeness (QED) is 0.230. The second-order valence-corrected chi connectivity index (χ2v) is 10.8. The molecule has 6 heteroatoms. The number of halogens is 2. The number of anilines is 2. The molecule has 0 spiro atoms. The Hall–Kier alpha value is -3.47. The number of aryl methyl sites for hydroxylation is 2. The number of imidazole rings is 1. The van der Waals surface area contributed by atoms with E-state index >= 15 is 0 Å². The lowest BCUT2D eigenvalue weighted by molar-refractivity contribution is 0.883. The molecule has 4 nitrogen and oxygen atoms in total. The van der Waals surface area contributed by atoms with E-state index in [0.717, 1.165) is 50.7 Å². The van der Waals surface area contributed by atoms with E-state index in [-0.39, 0.29) is 0 Å². The van der Waals surface area contributed by atoms with E-state index in [2.05, 4.69) is 53.4 Å². The van der Waals surface area contributed by atoms with Crippen molar-refractivity contribution in [2.24, 2.45) is 0 Å². The second-order valence-electron chi connectivity index (χ2n) is 9.41. The van der Waals surface area contributed by atoms with Crippen LogP contribution < -0.4 is 10.6 Å². The first kappa shape index (κ1) is 25.6. The Balaban J connectivity index is 1.58. The molecule has 0 aliphatic heterocycles. The van der Waals surface area contributed by atoms with E-state index in [0.29, 0.717) is 5.02 Å². The van der Waals surface area contributed by atoms with Crippen LogP contribution in [0, 0.1) is 13.8 Å². The van der Waals surface area contributed by atoms with Crippen LogP contribution in [0.2, 0.25) is 5.02 Å². The highest BCUT2D eigenvalue weighted by atomic mass is 35.5. The van der Waals surface area contributed by atoms with E-state index < -0.39 is 4.87 Å². The van der Waals surface area contributed by atoms with Gasteiger partial charge in [-0.05, 0) is 105 Å². The minimum Gasteiger partial charge on any atom is -0.356 e. The number of benzene rings is 3. The Morgan fingerprint density at radius 2 is 1.69 bits per heavy atom. The normalized spacial score (nSPS) is 11.9. The fourth-order valence-corrected chi connectivity index (χ4v) is 4.38. The van der Waals surface area contributed by atoms with Crippen LogP contribution >= 0.6 is 23.2 Å². The van der Waals surface area contributed by atoms with Gasteiger partial charge in [0.15, 0.2) is 0 Å². The van der Waals surface area contributed by atoms with E-state index in [1.54, 1.807) is 12.5 Å². The molecule has 0 fully saturated rings. The van der Waals surface area contributed by atoms with Crippen LogP contribution in [0.15, 0.2) is 92.0 Å². The van der Waals surface area contributed by atoms with Gasteiger partial charge in [-0.25, -0.2) is 4.98 Å². The van der Waals surface area contributed by atoms with Gasteiger partial charge in [-0.3, -0.25) is 0 Å². The maximum atomic E-state index is 6.59. The molecule has 36 heavy (non-hydrogen) atoms. The summed E-state index contributed by atoms with van der Waals surface area (Å²) in [6.07, 6.45) is 7.47. The van der Waals surface area contributed by atoms with Crippen LogP contribution in [0.3, 0.4) is 0 Å². The molecular weight excluding hydrogens is 487 g/mol. The zero-order valence-corrected chi connectivity index (χ0v) is 22.5. The highest BCUT2D eigenvalue weighted by Crippen LogP contribution is 2.30. The van der Waals surface area contributed by atoms with Gasteiger partial charge in [-0.1, -0.05) is 24.2 Å².